The molecular formula is C25H35N3O4S. The molecule has 7 nitrogen and oxygen atoms in total. The number of anilines is 1. The summed E-state index contributed by atoms with van der Waals surface area (Å²) in [7, 11) is -3.73. The van der Waals surface area contributed by atoms with Gasteiger partial charge in [-0.1, -0.05) is 62.4 Å². The summed E-state index contributed by atoms with van der Waals surface area (Å²) in [4.78, 5) is 28.1. The Bertz CT molecular complexity index is 1040. The Kier molecular flexibility index (Phi) is 9.46. The topological polar surface area (TPSA) is 86.8 Å². The Balaban J connectivity index is 2.42. The van der Waals surface area contributed by atoms with Crippen LogP contribution in [0.1, 0.15) is 44.7 Å². The molecule has 1 N–H and O–H groups in total. The summed E-state index contributed by atoms with van der Waals surface area (Å²) in [5.41, 5.74) is 2.06. The lowest BCUT2D eigenvalue weighted by molar-refractivity contribution is -0.140. The zero-order chi connectivity index (χ0) is 24.6. The van der Waals surface area contributed by atoms with Gasteiger partial charge in [0, 0.05) is 12.6 Å². The first-order chi connectivity index (χ1) is 15.6. The quantitative estimate of drug-likeness (QED) is 0.541. The van der Waals surface area contributed by atoms with Gasteiger partial charge in [-0.2, -0.15) is 0 Å². The fraction of sp³-hybridized carbons (Fsp3) is 0.440. The number of carbonyl (C=O) groups excluding carboxylic acids is 2. The van der Waals surface area contributed by atoms with E-state index in [1.165, 1.54) is 4.90 Å². The van der Waals surface area contributed by atoms with Crippen LogP contribution in [0.5, 0.6) is 0 Å². The van der Waals surface area contributed by atoms with Crippen molar-refractivity contribution in [3.8, 4) is 0 Å². The molecule has 180 valence electrons. The number of aryl methyl sites for hydroxylation is 1. The first-order valence-electron chi connectivity index (χ1n) is 11.3. The molecule has 0 aliphatic heterocycles. The molecule has 33 heavy (non-hydrogen) atoms. The summed E-state index contributed by atoms with van der Waals surface area (Å²) in [6.45, 7) is 7.36. The summed E-state index contributed by atoms with van der Waals surface area (Å²) in [5, 5.41) is 2.96. The summed E-state index contributed by atoms with van der Waals surface area (Å²) < 4.78 is 26.4. The minimum atomic E-state index is -3.73. The van der Waals surface area contributed by atoms with E-state index < -0.39 is 22.0 Å². The zero-order valence-corrected chi connectivity index (χ0v) is 20.9. The summed E-state index contributed by atoms with van der Waals surface area (Å²) in [5.74, 6) is -0.670. The van der Waals surface area contributed by atoms with Crippen LogP contribution < -0.4 is 9.62 Å². The number of nitrogens with zero attached hydrogens (tertiary/aromatic N) is 2. The molecule has 0 aromatic heterocycles. The largest absolute Gasteiger partial charge is 0.352 e. The highest BCUT2D eigenvalue weighted by atomic mass is 32.2. The number of benzene rings is 2. The van der Waals surface area contributed by atoms with Crippen molar-refractivity contribution < 1.29 is 18.0 Å². The molecule has 0 radical (unpaired) electrons. The van der Waals surface area contributed by atoms with Gasteiger partial charge in [0.1, 0.15) is 12.6 Å². The smallest absolute Gasteiger partial charge is 0.244 e. The van der Waals surface area contributed by atoms with Crippen LogP contribution in [0.4, 0.5) is 5.69 Å². The van der Waals surface area contributed by atoms with Gasteiger partial charge in [-0.25, -0.2) is 8.42 Å². The summed E-state index contributed by atoms with van der Waals surface area (Å²) in [6, 6.07) is 15.7. The van der Waals surface area contributed by atoms with Gasteiger partial charge in [-0.05, 0) is 43.9 Å². The predicted octanol–water partition coefficient (Wildman–Crippen LogP) is 3.48. The second kappa shape index (κ2) is 11.8. The van der Waals surface area contributed by atoms with Gasteiger partial charge >= 0.3 is 0 Å². The Labute approximate surface area is 197 Å². The highest BCUT2D eigenvalue weighted by Gasteiger charge is 2.32. The second-order valence-corrected chi connectivity index (χ2v) is 10.2. The molecule has 8 heteroatoms. The normalized spacial score (nSPS) is 13.1. The molecule has 0 saturated heterocycles. The van der Waals surface area contributed by atoms with Crippen LogP contribution in [-0.4, -0.2) is 50.0 Å². The van der Waals surface area contributed by atoms with Crippen LogP contribution >= 0.6 is 0 Å². The first kappa shape index (κ1) is 26.4. The summed E-state index contributed by atoms with van der Waals surface area (Å²) in [6.07, 6.45) is 2.26. The highest BCUT2D eigenvalue weighted by Crippen LogP contribution is 2.23. The number of sulfonamides is 1. The van der Waals surface area contributed by atoms with Crippen LogP contribution in [0.3, 0.4) is 0 Å². The van der Waals surface area contributed by atoms with Crippen LogP contribution in [0.25, 0.3) is 0 Å². The van der Waals surface area contributed by atoms with Gasteiger partial charge < -0.3 is 10.2 Å². The molecule has 2 amide bonds. The SMILES string of the molecule is CCC(C)NC(=O)C(CC)N(Cc1ccccc1)C(=O)CN(c1ccccc1C)S(C)(=O)=O. The minimum absolute atomic E-state index is 0.0280. The van der Waals surface area contributed by atoms with E-state index in [0.717, 1.165) is 28.1 Å². The Morgan fingerprint density at radius 1 is 0.970 bits per heavy atom. The zero-order valence-electron chi connectivity index (χ0n) is 20.1. The van der Waals surface area contributed by atoms with Crippen molar-refractivity contribution in [1.29, 1.82) is 0 Å². The average Bonchev–Trinajstić information content (AvgIpc) is 2.77. The third kappa shape index (κ3) is 7.32. The number of hydrogen-bond donors (Lipinski definition) is 1. The average molecular weight is 474 g/mol. The van der Waals surface area contributed by atoms with Crippen LogP contribution in [0.2, 0.25) is 0 Å². The Hall–Kier alpha value is -2.87. The van der Waals surface area contributed by atoms with Gasteiger partial charge in [-0.3, -0.25) is 13.9 Å². The predicted molar refractivity (Wildman–Crippen MR) is 132 cm³/mol. The molecule has 0 saturated carbocycles. The lowest BCUT2D eigenvalue weighted by Crippen LogP contribution is -2.53. The maximum absolute atomic E-state index is 13.6. The maximum atomic E-state index is 13.6. The number of hydrogen-bond acceptors (Lipinski definition) is 4. The van der Waals surface area contributed by atoms with Crippen LogP contribution in [0, 0.1) is 6.92 Å². The lowest BCUT2D eigenvalue weighted by Gasteiger charge is -2.33. The third-order valence-corrected chi connectivity index (χ3v) is 6.77. The Morgan fingerprint density at radius 2 is 1.58 bits per heavy atom. The fourth-order valence-electron chi connectivity index (χ4n) is 3.58. The number of amides is 2. The standard InChI is InChI=1S/C25H35N3O4S/c1-6-20(4)26-25(30)22(7-2)27(17-21-14-9-8-10-15-21)24(29)18-28(33(5,31)32)23-16-12-11-13-19(23)3/h8-16,20,22H,6-7,17-18H2,1-5H3,(H,26,30). The van der Waals surface area contributed by atoms with Gasteiger partial charge in [0.25, 0.3) is 0 Å². The van der Waals surface area contributed by atoms with Gasteiger partial charge in [0.05, 0.1) is 11.9 Å². The van der Waals surface area contributed by atoms with Crippen molar-refractivity contribution in [2.45, 2.75) is 59.2 Å². The van der Waals surface area contributed by atoms with E-state index in [-0.39, 0.29) is 25.0 Å². The molecule has 0 bridgehead atoms. The first-order valence-corrected chi connectivity index (χ1v) is 13.1. The molecule has 2 atom stereocenters. The molecule has 2 rings (SSSR count). The van der Waals surface area contributed by atoms with E-state index in [1.807, 2.05) is 57.2 Å². The molecule has 0 spiro atoms. The van der Waals surface area contributed by atoms with Crippen molar-refractivity contribution in [2.75, 3.05) is 17.1 Å². The minimum Gasteiger partial charge on any atom is -0.352 e. The van der Waals surface area contributed by atoms with Crippen LogP contribution in [0.15, 0.2) is 54.6 Å². The van der Waals surface area contributed by atoms with Crippen molar-refractivity contribution in [2.24, 2.45) is 0 Å². The van der Waals surface area contributed by atoms with Crippen LogP contribution in [-0.2, 0) is 26.2 Å². The van der Waals surface area contributed by atoms with Crippen molar-refractivity contribution in [3.63, 3.8) is 0 Å². The number of carbonyl (C=O) groups is 2. The Morgan fingerprint density at radius 3 is 2.12 bits per heavy atom. The lowest BCUT2D eigenvalue weighted by atomic mass is 10.1. The van der Waals surface area contributed by atoms with Gasteiger partial charge in [0.2, 0.25) is 21.8 Å². The second-order valence-electron chi connectivity index (χ2n) is 8.31. The molecule has 2 aromatic rings. The maximum Gasteiger partial charge on any atom is 0.244 e. The fourth-order valence-corrected chi connectivity index (χ4v) is 4.49. The number of para-hydroxylation sites is 1. The molecular weight excluding hydrogens is 438 g/mol. The van der Waals surface area contributed by atoms with E-state index in [2.05, 4.69) is 5.32 Å². The van der Waals surface area contributed by atoms with E-state index in [4.69, 9.17) is 0 Å². The number of rotatable bonds is 11. The molecule has 0 aliphatic carbocycles. The van der Waals surface area contributed by atoms with Gasteiger partial charge in [0.15, 0.2) is 0 Å². The van der Waals surface area contributed by atoms with Gasteiger partial charge in [-0.15, -0.1) is 0 Å². The molecule has 2 unspecified atom stereocenters. The third-order valence-electron chi connectivity index (χ3n) is 5.65. The molecule has 0 heterocycles. The molecule has 2 aromatic carbocycles. The monoisotopic (exact) mass is 473 g/mol. The van der Waals surface area contributed by atoms with Crippen molar-refractivity contribution in [1.82, 2.24) is 10.2 Å². The van der Waals surface area contributed by atoms with E-state index in [9.17, 15) is 18.0 Å². The number of nitrogens with one attached hydrogen (secondary N) is 1. The van der Waals surface area contributed by atoms with E-state index in [1.54, 1.807) is 25.1 Å². The van der Waals surface area contributed by atoms with E-state index in [0.29, 0.717) is 12.1 Å². The van der Waals surface area contributed by atoms with E-state index >= 15 is 0 Å². The van der Waals surface area contributed by atoms with Crippen molar-refractivity contribution >= 4 is 27.5 Å². The summed E-state index contributed by atoms with van der Waals surface area (Å²) >= 11 is 0. The highest BCUT2D eigenvalue weighted by molar-refractivity contribution is 7.92. The van der Waals surface area contributed by atoms with Crippen molar-refractivity contribution in [3.05, 3.63) is 65.7 Å². The molecule has 0 aliphatic rings. The molecule has 0 fully saturated rings.